The van der Waals surface area contributed by atoms with E-state index in [1.807, 2.05) is 0 Å². The van der Waals surface area contributed by atoms with Crippen molar-refractivity contribution in [2.24, 2.45) is 5.92 Å². The van der Waals surface area contributed by atoms with Gasteiger partial charge in [-0.3, -0.25) is 0 Å². The molecule has 1 aliphatic heterocycles. The predicted molar refractivity (Wildman–Crippen MR) is 57.6 cm³/mol. The Morgan fingerprint density at radius 3 is 2.93 bits per heavy atom. The van der Waals surface area contributed by atoms with Crippen molar-refractivity contribution in [2.75, 3.05) is 14.2 Å². The van der Waals surface area contributed by atoms with Crippen molar-refractivity contribution in [1.82, 2.24) is 4.90 Å². The predicted octanol–water partition coefficient (Wildman–Crippen LogP) is 2.31. The molecular formula is C12H17NO. The number of methoxy groups -OCH3 is 1. The van der Waals surface area contributed by atoms with Crippen LogP contribution in [-0.2, 0) is 4.74 Å². The van der Waals surface area contributed by atoms with Gasteiger partial charge in [-0.05, 0) is 30.3 Å². The molecule has 1 heterocycles. The summed E-state index contributed by atoms with van der Waals surface area (Å²) in [5, 5.41) is 0. The Bertz CT molecular complexity index is 314. The molecule has 0 saturated carbocycles. The molecule has 0 fully saturated rings. The summed E-state index contributed by atoms with van der Waals surface area (Å²) < 4.78 is 5.26. The maximum atomic E-state index is 5.26. The zero-order valence-corrected chi connectivity index (χ0v) is 9.03. The molecule has 0 aromatic carbocycles. The van der Waals surface area contributed by atoms with E-state index in [2.05, 4.69) is 43.3 Å². The summed E-state index contributed by atoms with van der Waals surface area (Å²) in [6.45, 7) is 2.21. The Hall–Kier alpha value is -1.18. The van der Waals surface area contributed by atoms with Gasteiger partial charge >= 0.3 is 0 Å². The minimum absolute atomic E-state index is 0.504. The van der Waals surface area contributed by atoms with Gasteiger partial charge in [-0.2, -0.15) is 0 Å². The van der Waals surface area contributed by atoms with Gasteiger partial charge in [0.05, 0.1) is 13.2 Å². The Morgan fingerprint density at radius 1 is 1.50 bits per heavy atom. The Morgan fingerprint density at radius 2 is 2.29 bits per heavy atom. The van der Waals surface area contributed by atoms with Gasteiger partial charge in [-0.1, -0.05) is 13.0 Å². The highest BCUT2D eigenvalue weighted by atomic mass is 16.5. The Balaban J connectivity index is 2.26. The second-order valence-electron chi connectivity index (χ2n) is 3.87. The summed E-state index contributed by atoms with van der Waals surface area (Å²) in [6.07, 6.45) is 9.89. The number of rotatable bonds is 2. The molecule has 0 aromatic heterocycles. The van der Waals surface area contributed by atoms with Crippen LogP contribution in [-0.4, -0.2) is 25.1 Å². The first-order valence-corrected chi connectivity index (χ1v) is 5.12. The Kier molecular flexibility index (Phi) is 2.36. The maximum absolute atomic E-state index is 5.26. The van der Waals surface area contributed by atoms with Gasteiger partial charge in [0.15, 0.2) is 0 Å². The van der Waals surface area contributed by atoms with E-state index < -0.39 is 0 Å². The van der Waals surface area contributed by atoms with Crippen LogP contribution in [0.25, 0.3) is 0 Å². The molecular weight excluding hydrogens is 174 g/mol. The van der Waals surface area contributed by atoms with E-state index in [-0.39, 0.29) is 0 Å². The third kappa shape index (κ3) is 1.35. The molecule has 0 aromatic rings. The number of hydrogen-bond acceptors (Lipinski definition) is 2. The van der Waals surface area contributed by atoms with Crippen LogP contribution < -0.4 is 0 Å². The molecule has 0 radical (unpaired) electrons. The average Bonchev–Trinajstić information content (AvgIpc) is 2.55. The number of allylic oxidation sites excluding steroid dienone is 1. The van der Waals surface area contributed by atoms with Gasteiger partial charge in [-0.25, -0.2) is 0 Å². The van der Waals surface area contributed by atoms with Gasteiger partial charge in [0.25, 0.3) is 0 Å². The molecule has 0 amide bonds. The first kappa shape index (κ1) is 9.38. The maximum Gasteiger partial charge on any atom is 0.115 e. The number of fused-ring (bicyclic) bond motifs is 1. The SMILES string of the molecule is CCC1=CN(C)C2C=CC(OC)=CC12. The van der Waals surface area contributed by atoms with Crippen molar-refractivity contribution in [3.05, 3.63) is 35.8 Å². The van der Waals surface area contributed by atoms with Crippen LogP contribution in [0.2, 0.25) is 0 Å². The molecule has 0 saturated heterocycles. The molecule has 2 atom stereocenters. The van der Waals surface area contributed by atoms with Gasteiger partial charge < -0.3 is 9.64 Å². The minimum atomic E-state index is 0.504. The van der Waals surface area contributed by atoms with E-state index >= 15 is 0 Å². The molecule has 0 bridgehead atoms. The lowest BCUT2D eigenvalue weighted by molar-refractivity contribution is 0.291. The van der Waals surface area contributed by atoms with E-state index in [0.29, 0.717) is 12.0 Å². The number of hydrogen-bond donors (Lipinski definition) is 0. The quantitative estimate of drug-likeness (QED) is 0.664. The van der Waals surface area contributed by atoms with Gasteiger partial charge in [-0.15, -0.1) is 0 Å². The van der Waals surface area contributed by atoms with Crippen LogP contribution in [0.5, 0.6) is 0 Å². The fraction of sp³-hybridized carbons (Fsp3) is 0.500. The molecule has 76 valence electrons. The molecule has 14 heavy (non-hydrogen) atoms. The topological polar surface area (TPSA) is 12.5 Å². The lowest BCUT2D eigenvalue weighted by atomic mass is 9.89. The van der Waals surface area contributed by atoms with Crippen molar-refractivity contribution >= 4 is 0 Å². The minimum Gasteiger partial charge on any atom is -0.497 e. The summed E-state index contributed by atoms with van der Waals surface area (Å²) in [5.41, 5.74) is 1.50. The first-order valence-electron chi connectivity index (χ1n) is 5.12. The van der Waals surface area contributed by atoms with Crippen LogP contribution in [0, 0.1) is 5.92 Å². The highest BCUT2D eigenvalue weighted by Crippen LogP contribution is 2.34. The Labute approximate surface area is 85.5 Å². The highest BCUT2D eigenvalue weighted by Gasteiger charge is 2.31. The smallest absolute Gasteiger partial charge is 0.115 e. The van der Waals surface area contributed by atoms with Crippen molar-refractivity contribution in [3.63, 3.8) is 0 Å². The number of likely N-dealkylation sites (N-methyl/N-ethyl adjacent to an activating group) is 1. The normalized spacial score (nSPS) is 29.8. The molecule has 2 unspecified atom stereocenters. The summed E-state index contributed by atoms with van der Waals surface area (Å²) in [4.78, 5) is 2.28. The number of nitrogens with zero attached hydrogens (tertiary/aromatic N) is 1. The molecule has 2 nitrogen and oxygen atoms in total. The molecule has 2 rings (SSSR count). The zero-order valence-electron chi connectivity index (χ0n) is 9.03. The average molecular weight is 191 g/mol. The number of ether oxygens (including phenoxy) is 1. The summed E-state index contributed by atoms with van der Waals surface area (Å²) >= 11 is 0. The van der Waals surface area contributed by atoms with E-state index in [1.165, 1.54) is 5.57 Å². The van der Waals surface area contributed by atoms with Gasteiger partial charge in [0, 0.05) is 13.0 Å². The van der Waals surface area contributed by atoms with Crippen molar-refractivity contribution in [1.29, 1.82) is 0 Å². The van der Waals surface area contributed by atoms with E-state index in [1.54, 1.807) is 7.11 Å². The fourth-order valence-electron chi connectivity index (χ4n) is 2.26. The van der Waals surface area contributed by atoms with Crippen molar-refractivity contribution in [3.8, 4) is 0 Å². The highest BCUT2D eigenvalue weighted by molar-refractivity contribution is 5.34. The summed E-state index contributed by atoms with van der Waals surface area (Å²) in [5.74, 6) is 1.51. The molecule has 0 spiro atoms. The largest absolute Gasteiger partial charge is 0.497 e. The second-order valence-corrected chi connectivity index (χ2v) is 3.87. The van der Waals surface area contributed by atoms with E-state index in [0.717, 1.165) is 12.2 Å². The van der Waals surface area contributed by atoms with Crippen molar-refractivity contribution < 1.29 is 4.74 Å². The van der Waals surface area contributed by atoms with E-state index in [4.69, 9.17) is 4.74 Å². The van der Waals surface area contributed by atoms with Crippen LogP contribution in [0.4, 0.5) is 0 Å². The van der Waals surface area contributed by atoms with Gasteiger partial charge in [0.1, 0.15) is 5.76 Å². The third-order valence-corrected chi connectivity index (χ3v) is 3.08. The second kappa shape index (κ2) is 3.52. The molecule has 2 aliphatic rings. The first-order chi connectivity index (χ1) is 6.76. The summed E-state index contributed by atoms with van der Waals surface area (Å²) in [7, 11) is 3.86. The lowest BCUT2D eigenvalue weighted by Gasteiger charge is -2.25. The third-order valence-electron chi connectivity index (χ3n) is 3.08. The van der Waals surface area contributed by atoms with Crippen LogP contribution in [0.1, 0.15) is 13.3 Å². The monoisotopic (exact) mass is 191 g/mol. The summed E-state index contributed by atoms with van der Waals surface area (Å²) in [6, 6.07) is 0.504. The lowest BCUT2D eigenvalue weighted by Crippen LogP contribution is -2.28. The van der Waals surface area contributed by atoms with Crippen LogP contribution in [0.3, 0.4) is 0 Å². The van der Waals surface area contributed by atoms with Crippen molar-refractivity contribution in [2.45, 2.75) is 19.4 Å². The van der Waals surface area contributed by atoms with Crippen LogP contribution in [0.15, 0.2) is 35.8 Å². The molecule has 0 N–H and O–H groups in total. The zero-order chi connectivity index (χ0) is 10.1. The van der Waals surface area contributed by atoms with Crippen LogP contribution >= 0.6 is 0 Å². The fourth-order valence-corrected chi connectivity index (χ4v) is 2.26. The molecule has 1 aliphatic carbocycles. The van der Waals surface area contributed by atoms with Gasteiger partial charge in [0.2, 0.25) is 0 Å². The van der Waals surface area contributed by atoms with E-state index in [9.17, 15) is 0 Å². The standard InChI is InChI=1S/C12H17NO/c1-4-9-8-13(2)12-6-5-10(14-3)7-11(9)12/h5-8,11-12H,4H2,1-3H3. The molecule has 2 heteroatoms.